The third kappa shape index (κ3) is 3.90. The number of hydrogen-bond donors (Lipinski definition) is 2. The Morgan fingerprint density at radius 3 is 2.56 bits per heavy atom. The number of pyridine rings is 1. The highest BCUT2D eigenvalue weighted by atomic mass is 16.2. The summed E-state index contributed by atoms with van der Waals surface area (Å²) in [4.78, 5) is 34.8. The highest BCUT2D eigenvalue weighted by molar-refractivity contribution is 6.00. The van der Waals surface area contributed by atoms with Crippen LogP contribution in [0.3, 0.4) is 0 Å². The number of rotatable bonds is 6. The number of nitrogens with one attached hydrogen (secondary N) is 2. The van der Waals surface area contributed by atoms with Gasteiger partial charge in [-0.3, -0.25) is 30.0 Å². The van der Waals surface area contributed by atoms with Gasteiger partial charge in [-0.25, -0.2) is 9.67 Å². The molecule has 9 heteroatoms. The average Bonchev–Trinajstić information content (AvgIpc) is 3.34. The fourth-order valence-corrected chi connectivity index (χ4v) is 3.71. The van der Waals surface area contributed by atoms with Crippen molar-refractivity contribution in [3.63, 3.8) is 0 Å². The zero-order chi connectivity index (χ0) is 23.5. The van der Waals surface area contributed by atoms with Crippen molar-refractivity contribution in [3.8, 4) is 16.9 Å². The van der Waals surface area contributed by atoms with Crippen LogP contribution in [-0.2, 0) is 6.54 Å². The lowest BCUT2D eigenvalue weighted by Gasteiger charge is -2.14. The summed E-state index contributed by atoms with van der Waals surface area (Å²) in [7, 11) is 0. The number of amides is 1. The summed E-state index contributed by atoms with van der Waals surface area (Å²) >= 11 is 0. The summed E-state index contributed by atoms with van der Waals surface area (Å²) in [6.45, 7) is 2.23. The normalized spacial score (nSPS) is 10.9. The van der Waals surface area contributed by atoms with Gasteiger partial charge < -0.3 is 0 Å². The molecule has 2 N–H and O–H groups in total. The molecule has 0 fully saturated rings. The van der Waals surface area contributed by atoms with Crippen LogP contribution >= 0.6 is 0 Å². The van der Waals surface area contributed by atoms with E-state index in [1.165, 1.54) is 4.57 Å². The number of hydrogen-bond acceptors (Lipinski definition) is 6. The second-order valence-electron chi connectivity index (χ2n) is 7.49. The largest absolute Gasteiger partial charge is 0.277 e. The fraction of sp³-hybridized carbons (Fsp3) is 0.0800. The van der Waals surface area contributed by atoms with Crippen molar-refractivity contribution in [2.45, 2.75) is 13.5 Å². The Hall–Kier alpha value is -4.79. The molecule has 0 saturated heterocycles. The molecule has 0 aliphatic heterocycles. The van der Waals surface area contributed by atoms with Gasteiger partial charge in [0.2, 0.25) is 5.95 Å². The third-order valence-electron chi connectivity index (χ3n) is 5.38. The molecule has 0 aliphatic carbocycles. The molecule has 3 heterocycles. The molecule has 0 atom stereocenters. The lowest BCUT2D eigenvalue weighted by Crippen LogP contribution is -2.34. The van der Waals surface area contributed by atoms with Gasteiger partial charge in [0.1, 0.15) is 5.69 Å². The van der Waals surface area contributed by atoms with E-state index in [1.807, 2.05) is 49.4 Å². The van der Waals surface area contributed by atoms with E-state index in [0.717, 1.165) is 5.69 Å². The highest BCUT2D eigenvalue weighted by Crippen LogP contribution is 2.23. The highest BCUT2D eigenvalue weighted by Gasteiger charge is 2.19. The van der Waals surface area contributed by atoms with Crippen LogP contribution in [-0.4, -0.2) is 30.2 Å². The molecule has 1 amide bonds. The number of benzene rings is 2. The van der Waals surface area contributed by atoms with Crippen LogP contribution in [0.15, 0.2) is 90.1 Å². The minimum atomic E-state index is -0.425. The summed E-state index contributed by atoms with van der Waals surface area (Å²) < 4.78 is 3.12. The molecule has 5 aromatic rings. The van der Waals surface area contributed by atoms with Gasteiger partial charge in [0.25, 0.3) is 11.5 Å². The maximum absolute atomic E-state index is 13.2. The molecule has 9 nitrogen and oxygen atoms in total. The van der Waals surface area contributed by atoms with Crippen molar-refractivity contribution in [2.24, 2.45) is 0 Å². The van der Waals surface area contributed by atoms with Crippen molar-refractivity contribution >= 4 is 22.8 Å². The maximum Gasteiger partial charge on any atom is 0.273 e. The van der Waals surface area contributed by atoms with Crippen molar-refractivity contribution in [3.05, 3.63) is 101 Å². The minimum absolute atomic E-state index is 0.183. The fourth-order valence-electron chi connectivity index (χ4n) is 3.71. The van der Waals surface area contributed by atoms with Crippen molar-refractivity contribution in [1.82, 2.24) is 29.7 Å². The van der Waals surface area contributed by atoms with Crippen molar-refractivity contribution in [2.75, 3.05) is 5.43 Å². The van der Waals surface area contributed by atoms with Crippen LogP contribution in [0.4, 0.5) is 5.95 Å². The van der Waals surface area contributed by atoms with Gasteiger partial charge in [0.05, 0.1) is 22.2 Å². The lowest BCUT2D eigenvalue weighted by atomic mass is 10.1. The summed E-state index contributed by atoms with van der Waals surface area (Å²) in [6, 6.07) is 20.2. The van der Waals surface area contributed by atoms with E-state index in [1.54, 1.807) is 47.5 Å². The van der Waals surface area contributed by atoms with Crippen molar-refractivity contribution in [1.29, 1.82) is 0 Å². The van der Waals surface area contributed by atoms with E-state index in [0.29, 0.717) is 34.3 Å². The SMILES string of the molecule is CCn1c(NNC(=O)c2cn(-c3ccccc3)nc2-c2cccnc2)nc2ccccc2c1=O. The minimum Gasteiger partial charge on any atom is -0.277 e. The Labute approximate surface area is 194 Å². The van der Waals surface area contributed by atoms with Gasteiger partial charge in [0, 0.05) is 30.7 Å². The number of anilines is 1. The van der Waals surface area contributed by atoms with E-state index in [9.17, 15) is 9.59 Å². The molecule has 34 heavy (non-hydrogen) atoms. The van der Waals surface area contributed by atoms with Crippen molar-refractivity contribution < 1.29 is 4.79 Å². The van der Waals surface area contributed by atoms with Gasteiger partial charge >= 0.3 is 0 Å². The van der Waals surface area contributed by atoms with Crippen LogP contribution in [0.1, 0.15) is 17.3 Å². The maximum atomic E-state index is 13.2. The third-order valence-corrected chi connectivity index (χ3v) is 5.38. The number of fused-ring (bicyclic) bond motifs is 1. The van der Waals surface area contributed by atoms with Crippen LogP contribution in [0, 0.1) is 0 Å². The first-order valence-corrected chi connectivity index (χ1v) is 10.8. The van der Waals surface area contributed by atoms with Gasteiger partial charge in [-0.2, -0.15) is 5.10 Å². The molecule has 2 aromatic carbocycles. The second-order valence-corrected chi connectivity index (χ2v) is 7.49. The second kappa shape index (κ2) is 8.99. The van der Waals surface area contributed by atoms with Crippen LogP contribution in [0.25, 0.3) is 27.8 Å². The Bertz CT molecular complexity index is 1530. The number of nitrogens with zero attached hydrogens (tertiary/aromatic N) is 5. The summed E-state index contributed by atoms with van der Waals surface area (Å²) in [5.74, 6) is -0.177. The Kier molecular flexibility index (Phi) is 5.57. The summed E-state index contributed by atoms with van der Waals surface area (Å²) in [6.07, 6.45) is 4.98. The Morgan fingerprint density at radius 1 is 1.00 bits per heavy atom. The molecule has 0 aliphatic rings. The molecular formula is C25H21N7O2. The number of hydrazine groups is 1. The molecule has 168 valence electrons. The number of carbonyl (C=O) groups excluding carboxylic acids is 1. The van der Waals surface area contributed by atoms with Gasteiger partial charge in [-0.1, -0.05) is 30.3 Å². The number of para-hydroxylation sites is 2. The van der Waals surface area contributed by atoms with Gasteiger partial charge in [0.15, 0.2) is 0 Å². The predicted octanol–water partition coefficient (Wildman–Crippen LogP) is 3.42. The van der Waals surface area contributed by atoms with E-state index in [4.69, 9.17) is 0 Å². The van der Waals surface area contributed by atoms with Crippen LogP contribution < -0.4 is 16.4 Å². The summed E-state index contributed by atoms with van der Waals surface area (Å²) in [5.41, 5.74) is 8.20. The first kappa shape index (κ1) is 21.1. The smallest absolute Gasteiger partial charge is 0.273 e. The Morgan fingerprint density at radius 2 is 1.79 bits per heavy atom. The zero-order valence-corrected chi connectivity index (χ0v) is 18.3. The van der Waals surface area contributed by atoms with Crippen LogP contribution in [0.5, 0.6) is 0 Å². The van der Waals surface area contributed by atoms with E-state index >= 15 is 0 Å². The average molecular weight is 451 g/mol. The van der Waals surface area contributed by atoms with Crippen LogP contribution in [0.2, 0.25) is 0 Å². The molecule has 0 radical (unpaired) electrons. The van der Waals surface area contributed by atoms with Gasteiger partial charge in [-0.05, 0) is 43.3 Å². The monoisotopic (exact) mass is 451 g/mol. The van der Waals surface area contributed by atoms with E-state index in [-0.39, 0.29) is 11.5 Å². The molecule has 0 saturated carbocycles. The molecule has 5 rings (SSSR count). The van der Waals surface area contributed by atoms with E-state index < -0.39 is 5.91 Å². The van der Waals surface area contributed by atoms with Gasteiger partial charge in [-0.15, -0.1) is 0 Å². The lowest BCUT2D eigenvalue weighted by molar-refractivity contribution is 0.0962. The molecule has 0 bridgehead atoms. The van der Waals surface area contributed by atoms with E-state index in [2.05, 4.69) is 25.9 Å². The molecule has 3 aromatic heterocycles. The molecule has 0 spiro atoms. The standard InChI is InChI=1S/C25H21N7O2/c1-2-31-24(34)19-12-6-7-13-21(19)27-25(31)29-28-23(33)20-16-32(18-10-4-3-5-11-18)30-22(20)17-9-8-14-26-15-17/h3-16H,2H2,1H3,(H,27,29)(H,28,33). The molecule has 0 unspecified atom stereocenters. The Balaban J connectivity index is 1.50. The quantitative estimate of drug-likeness (QED) is 0.383. The number of carbonyl (C=O) groups is 1. The predicted molar refractivity (Wildman–Crippen MR) is 130 cm³/mol. The molecular weight excluding hydrogens is 430 g/mol. The first-order chi connectivity index (χ1) is 16.7. The number of aromatic nitrogens is 5. The summed E-state index contributed by atoms with van der Waals surface area (Å²) in [5, 5.41) is 5.15. The zero-order valence-electron chi connectivity index (χ0n) is 18.3. The topological polar surface area (TPSA) is 107 Å². The first-order valence-electron chi connectivity index (χ1n) is 10.8.